The highest BCUT2D eigenvalue weighted by Gasteiger charge is 2.18. The zero-order chi connectivity index (χ0) is 15.0. The van der Waals surface area contributed by atoms with Gasteiger partial charge in [0.05, 0.1) is 6.04 Å². The van der Waals surface area contributed by atoms with E-state index in [1.54, 1.807) is 0 Å². The van der Waals surface area contributed by atoms with Gasteiger partial charge in [-0.3, -0.25) is 4.79 Å². The zero-order valence-electron chi connectivity index (χ0n) is 13.5. The van der Waals surface area contributed by atoms with Gasteiger partial charge in [0.1, 0.15) is 0 Å². The van der Waals surface area contributed by atoms with E-state index in [9.17, 15) is 4.79 Å². The molecule has 1 saturated carbocycles. The number of nitrogens with one attached hydrogen (secondary N) is 1. The van der Waals surface area contributed by atoms with Crippen LogP contribution in [0.2, 0.25) is 0 Å². The van der Waals surface area contributed by atoms with E-state index < -0.39 is 0 Å². The van der Waals surface area contributed by atoms with E-state index in [0.717, 1.165) is 32.0 Å². The van der Waals surface area contributed by atoms with Crippen LogP contribution in [0.15, 0.2) is 0 Å². The Morgan fingerprint density at radius 1 is 1.30 bits per heavy atom. The molecular formula is C16H33N3O. The number of nitrogens with zero attached hydrogens (tertiary/aromatic N) is 1. The SMILES string of the molecule is CC(C)C[C@@H](N)C(=O)NCCCN(C)C1CCCCC1. The largest absolute Gasteiger partial charge is 0.355 e. The Labute approximate surface area is 124 Å². The van der Waals surface area contributed by atoms with Gasteiger partial charge >= 0.3 is 0 Å². The second kappa shape index (κ2) is 9.35. The molecule has 0 heterocycles. The summed E-state index contributed by atoms with van der Waals surface area (Å²) in [6.07, 6.45) is 8.57. The van der Waals surface area contributed by atoms with Gasteiger partial charge in [0.25, 0.3) is 0 Å². The topological polar surface area (TPSA) is 58.4 Å². The Bertz CT molecular complexity index is 275. The predicted molar refractivity (Wildman–Crippen MR) is 84.6 cm³/mol. The summed E-state index contributed by atoms with van der Waals surface area (Å²) in [5.41, 5.74) is 5.85. The Morgan fingerprint density at radius 3 is 2.55 bits per heavy atom. The lowest BCUT2D eigenvalue weighted by Gasteiger charge is -2.31. The van der Waals surface area contributed by atoms with Gasteiger partial charge in [-0.15, -0.1) is 0 Å². The molecule has 3 N–H and O–H groups in total. The molecule has 1 aliphatic carbocycles. The summed E-state index contributed by atoms with van der Waals surface area (Å²) in [5, 5.41) is 2.96. The maximum atomic E-state index is 11.8. The van der Waals surface area contributed by atoms with Crippen LogP contribution < -0.4 is 11.1 Å². The smallest absolute Gasteiger partial charge is 0.236 e. The van der Waals surface area contributed by atoms with E-state index in [2.05, 4.69) is 31.1 Å². The molecule has 0 aromatic carbocycles. The molecular weight excluding hydrogens is 250 g/mol. The van der Waals surface area contributed by atoms with E-state index in [1.807, 2.05) is 0 Å². The average molecular weight is 283 g/mol. The molecule has 118 valence electrons. The van der Waals surface area contributed by atoms with Gasteiger partial charge < -0.3 is 16.0 Å². The lowest BCUT2D eigenvalue weighted by Crippen LogP contribution is -2.42. The number of hydrogen-bond donors (Lipinski definition) is 2. The number of amides is 1. The summed E-state index contributed by atoms with van der Waals surface area (Å²) in [7, 11) is 2.21. The van der Waals surface area contributed by atoms with Crippen LogP contribution in [0, 0.1) is 5.92 Å². The van der Waals surface area contributed by atoms with E-state index in [0.29, 0.717) is 5.92 Å². The first kappa shape index (κ1) is 17.4. The number of carbonyl (C=O) groups is 1. The van der Waals surface area contributed by atoms with Crippen molar-refractivity contribution in [1.29, 1.82) is 0 Å². The molecule has 0 bridgehead atoms. The average Bonchev–Trinajstić information content (AvgIpc) is 2.43. The van der Waals surface area contributed by atoms with Crippen LogP contribution in [-0.4, -0.2) is 43.0 Å². The maximum Gasteiger partial charge on any atom is 0.236 e. The van der Waals surface area contributed by atoms with Crippen molar-refractivity contribution in [2.75, 3.05) is 20.1 Å². The van der Waals surface area contributed by atoms with Gasteiger partial charge in [0.15, 0.2) is 0 Å². The van der Waals surface area contributed by atoms with Crippen molar-refractivity contribution >= 4 is 5.91 Å². The predicted octanol–water partition coefficient (Wildman–Crippen LogP) is 2.13. The number of nitrogens with two attached hydrogens (primary N) is 1. The molecule has 4 nitrogen and oxygen atoms in total. The summed E-state index contributed by atoms with van der Waals surface area (Å²) in [6.45, 7) is 5.98. The summed E-state index contributed by atoms with van der Waals surface area (Å²) < 4.78 is 0. The van der Waals surface area contributed by atoms with Crippen LogP contribution in [0.1, 0.15) is 58.8 Å². The fourth-order valence-electron chi connectivity index (χ4n) is 2.99. The van der Waals surface area contributed by atoms with Crippen LogP contribution >= 0.6 is 0 Å². The second-order valence-electron chi connectivity index (χ2n) is 6.65. The fourth-order valence-corrected chi connectivity index (χ4v) is 2.99. The van der Waals surface area contributed by atoms with Crippen molar-refractivity contribution in [1.82, 2.24) is 10.2 Å². The van der Waals surface area contributed by atoms with Crippen LogP contribution in [0.4, 0.5) is 0 Å². The van der Waals surface area contributed by atoms with E-state index in [1.165, 1.54) is 32.1 Å². The van der Waals surface area contributed by atoms with Crippen LogP contribution in [0.5, 0.6) is 0 Å². The highest BCUT2D eigenvalue weighted by atomic mass is 16.2. The van der Waals surface area contributed by atoms with E-state index >= 15 is 0 Å². The molecule has 0 spiro atoms. The van der Waals surface area contributed by atoms with E-state index in [-0.39, 0.29) is 11.9 Å². The first-order chi connectivity index (χ1) is 9.50. The molecule has 1 aliphatic rings. The van der Waals surface area contributed by atoms with Crippen LogP contribution in [0.3, 0.4) is 0 Å². The first-order valence-electron chi connectivity index (χ1n) is 8.24. The molecule has 1 rings (SSSR count). The lowest BCUT2D eigenvalue weighted by molar-refractivity contribution is -0.122. The molecule has 0 saturated heterocycles. The van der Waals surface area contributed by atoms with Crippen molar-refractivity contribution in [3.05, 3.63) is 0 Å². The van der Waals surface area contributed by atoms with Crippen molar-refractivity contribution < 1.29 is 4.79 Å². The zero-order valence-corrected chi connectivity index (χ0v) is 13.5. The Kier molecular flexibility index (Phi) is 8.15. The van der Waals surface area contributed by atoms with Gasteiger partial charge in [-0.2, -0.15) is 0 Å². The molecule has 1 atom stereocenters. The minimum Gasteiger partial charge on any atom is -0.355 e. The third kappa shape index (κ3) is 6.71. The Balaban J connectivity index is 2.09. The summed E-state index contributed by atoms with van der Waals surface area (Å²) in [6, 6.07) is 0.397. The summed E-state index contributed by atoms with van der Waals surface area (Å²) >= 11 is 0. The number of rotatable bonds is 8. The summed E-state index contributed by atoms with van der Waals surface area (Å²) in [4.78, 5) is 14.2. The molecule has 0 aliphatic heterocycles. The standard InChI is InChI=1S/C16H33N3O/c1-13(2)12-15(17)16(20)18-10-7-11-19(3)14-8-5-4-6-9-14/h13-15H,4-12,17H2,1-3H3,(H,18,20)/t15-/m1/s1. The number of carbonyl (C=O) groups excluding carboxylic acids is 1. The Hall–Kier alpha value is -0.610. The minimum atomic E-state index is -0.355. The van der Waals surface area contributed by atoms with Crippen molar-refractivity contribution in [3.8, 4) is 0 Å². The molecule has 0 unspecified atom stereocenters. The molecule has 0 radical (unpaired) electrons. The lowest BCUT2D eigenvalue weighted by atomic mass is 9.94. The van der Waals surface area contributed by atoms with Gasteiger partial charge in [0, 0.05) is 12.6 Å². The van der Waals surface area contributed by atoms with Gasteiger partial charge in [0.2, 0.25) is 5.91 Å². The molecule has 0 aromatic rings. The minimum absolute atomic E-state index is 0.000908. The second-order valence-corrected chi connectivity index (χ2v) is 6.65. The monoisotopic (exact) mass is 283 g/mol. The Morgan fingerprint density at radius 2 is 1.95 bits per heavy atom. The van der Waals surface area contributed by atoms with Crippen LogP contribution in [-0.2, 0) is 4.79 Å². The van der Waals surface area contributed by atoms with Gasteiger partial charge in [-0.1, -0.05) is 33.1 Å². The van der Waals surface area contributed by atoms with Gasteiger partial charge in [-0.25, -0.2) is 0 Å². The number of hydrogen-bond acceptors (Lipinski definition) is 3. The molecule has 0 aromatic heterocycles. The van der Waals surface area contributed by atoms with E-state index in [4.69, 9.17) is 5.73 Å². The van der Waals surface area contributed by atoms with Crippen molar-refractivity contribution in [2.24, 2.45) is 11.7 Å². The molecule has 1 amide bonds. The normalized spacial score (nSPS) is 18.5. The van der Waals surface area contributed by atoms with Gasteiger partial charge in [-0.05, 0) is 45.2 Å². The highest BCUT2D eigenvalue weighted by molar-refractivity contribution is 5.81. The molecule has 1 fully saturated rings. The highest BCUT2D eigenvalue weighted by Crippen LogP contribution is 2.21. The van der Waals surface area contributed by atoms with Crippen LogP contribution in [0.25, 0.3) is 0 Å². The van der Waals surface area contributed by atoms with Crippen molar-refractivity contribution in [2.45, 2.75) is 70.9 Å². The molecule has 4 heteroatoms. The summed E-state index contributed by atoms with van der Waals surface area (Å²) in [5.74, 6) is 0.465. The maximum absolute atomic E-state index is 11.8. The third-order valence-corrected chi connectivity index (χ3v) is 4.25. The fraction of sp³-hybridized carbons (Fsp3) is 0.938. The molecule has 20 heavy (non-hydrogen) atoms. The third-order valence-electron chi connectivity index (χ3n) is 4.25. The first-order valence-corrected chi connectivity index (χ1v) is 8.24. The van der Waals surface area contributed by atoms with Crippen molar-refractivity contribution in [3.63, 3.8) is 0 Å². The quantitative estimate of drug-likeness (QED) is 0.671.